The first kappa shape index (κ1) is 71.6. The summed E-state index contributed by atoms with van der Waals surface area (Å²) in [6.45, 7) is 6.39. The number of carbonyl (C=O) groups is 3. The predicted octanol–water partition coefficient (Wildman–Crippen LogP) is 21.9. The van der Waals surface area contributed by atoms with Crippen LogP contribution in [0.15, 0.2) is 85.1 Å². The van der Waals surface area contributed by atoms with Crippen molar-refractivity contribution in [3.8, 4) is 0 Å². The van der Waals surface area contributed by atoms with E-state index in [1.807, 2.05) is 0 Å². The normalized spacial score (nSPS) is 12.6. The number of allylic oxidation sites excluding steroid dienone is 14. The van der Waals surface area contributed by atoms with Crippen molar-refractivity contribution in [3.05, 3.63) is 85.1 Å². The summed E-state index contributed by atoms with van der Waals surface area (Å²) in [4.78, 5) is 38.0. The van der Waals surface area contributed by atoms with Crippen LogP contribution in [0.3, 0.4) is 0 Å². The summed E-state index contributed by atoms with van der Waals surface area (Å²) in [6.07, 6.45) is 83.5. The van der Waals surface area contributed by atoms with Crippen LogP contribution in [0.2, 0.25) is 0 Å². The Bertz CT molecular complexity index is 1430. The van der Waals surface area contributed by atoms with Gasteiger partial charge in [-0.25, -0.2) is 0 Å². The molecule has 0 aromatic heterocycles. The Morgan fingerprint density at radius 3 is 0.827 bits per heavy atom. The first-order valence-electron chi connectivity index (χ1n) is 32.1. The Morgan fingerprint density at radius 1 is 0.280 bits per heavy atom. The molecule has 0 heterocycles. The molecule has 1 unspecified atom stereocenters. The van der Waals surface area contributed by atoms with Gasteiger partial charge in [0.25, 0.3) is 0 Å². The Hall–Kier alpha value is -3.41. The van der Waals surface area contributed by atoms with E-state index in [1.54, 1.807) is 0 Å². The second kappa shape index (κ2) is 63.1. The molecule has 0 N–H and O–H groups in total. The molecule has 0 radical (unpaired) electrons. The summed E-state index contributed by atoms with van der Waals surface area (Å²) in [5, 5.41) is 0. The molecule has 0 fully saturated rings. The number of hydrogen-bond donors (Lipinski definition) is 0. The van der Waals surface area contributed by atoms with Crippen molar-refractivity contribution in [1.82, 2.24) is 0 Å². The van der Waals surface area contributed by atoms with Gasteiger partial charge >= 0.3 is 17.9 Å². The fourth-order valence-corrected chi connectivity index (χ4v) is 9.16. The zero-order valence-corrected chi connectivity index (χ0v) is 49.6. The van der Waals surface area contributed by atoms with E-state index in [1.165, 1.54) is 167 Å². The lowest BCUT2D eigenvalue weighted by Gasteiger charge is -2.18. The van der Waals surface area contributed by atoms with Gasteiger partial charge in [-0.2, -0.15) is 0 Å². The second-order valence-electron chi connectivity index (χ2n) is 21.3. The first-order valence-corrected chi connectivity index (χ1v) is 32.1. The van der Waals surface area contributed by atoms with Crippen LogP contribution < -0.4 is 0 Å². The zero-order valence-electron chi connectivity index (χ0n) is 49.6. The highest BCUT2D eigenvalue weighted by Crippen LogP contribution is 2.17. The van der Waals surface area contributed by atoms with Gasteiger partial charge in [0.05, 0.1) is 0 Å². The van der Waals surface area contributed by atoms with E-state index >= 15 is 0 Å². The number of carbonyl (C=O) groups excluding carboxylic acids is 3. The first-order chi connectivity index (χ1) is 37.0. The molecule has 432 valence electrons. The third kappa shape index (κ3) is 61.3. The van der Waals surface area contributed by atoms with Crippen LogP contribution in [-0.4, -0.2) is 37.2 Å². The summed E-state index contributed by atoms with van der Waals surface area (Å²) < 4.78 is 16.8. The molecule has 0 aromatic carbocycles. The highest BCUT2D eigenvalue weighted by Gasteiger charge is 2.19. The average Bonchev–Trinajstić information content (AvgIpc) is 3.41. The summed E-state index contributed by atoms with van der Waals surface area (Å²) in [5.41, 5.74) is 0. The van der Waals surface area contributed by atoms with Gasteiger partial charge in [-0.15, -0.1) is 0 Å². The number of hydrogen-bond acceptors (Lipinski definition) is 6. The van der Waals surface area contributed by atoms with Gasteiger partial charge < -0.3 is 14.2 Å². The minimum atomic E-state index is -0.786. The maximum absolute atomic E-state index is 12.8. The van der Waals surface area contributed by atoms with Gasteiger partial charge in [0.1, 0.15) is 13.2 Å². The number of ether oxygens (including phenoxy) is 3. The van der Waals surface area contributed by atoms with Crippen LogP contribution in [0.4, 0.5) is 0 Å². The lowest BCUT2D eigenvalue weighted by Crippen LogP contribution is -2.30. The fraction of sp³-hybridized carbons (Fsp3) is 0.754. The molecule has 0 aliphatic rings. The SMILES string of the molecule is CC/C=C\C/C=C\C/C=C\C/C=C\CCCCCCCCCCCCCCCCCCCCCCCCC(=O)OCC(COC(=O)CCCCCCCCCCC)OC(=O)CCCCC/C=C\C/C=C\C/C=C\CC. The average molecular weight is 1050 g/mol. The maximum atomic E-state index is 12.8. The Balaban J connectivity index is 3.98. The summed E-state index contributed by atoms with van der Waals surface area (Å²) in [5.74, 6) is -0.905. The van der Waals surface area contributed by atoms with Crippen molar-refractivity contribution >= 4 is 17.9 Å². The van der Waals surface area contributed by atoms with Gasteiger partial charge in [-0.05, 0) is 89.9 Å². The zero-order chi connectivity index (χ0) is 54.3. The predicted molar refractivity (Wildman–Crippen MR) is 325 cm³/mol. The van der Waals surface area contributed by atoms with Crippen LogP contribution in [0.1, 0.15) is 316 Å². The highest BCUT2D eigenvalue weighted by atomic mass is 16.6. The molecule has 0 amide bonds. The summed E-state index contributed by atoms with van der Waals surface area (Å²) in [7, 11) is 0. The van der Waals surface area contributed by atoms with E-state index < -0.39 is 6.10 Å². The maximum Gasteiger partial charge on any atom is 0.306 e. The molecule has 0 aliphatic carbocycles. The number of rotatable bonds is 58. The van der Waals surface area contributed by atoms with Crippen molar-refractivity contribution in [2.45, 2.75) is 322 Å². The lowest BCUT2D eigenvalue weighted by atomic mass is 10.0. The molecule has 6 nitrogen and oxygen atoms in total. The molecule has 0 spiro atoms. The van der Waals surface area contributed by atoms with Gasteiger partial charge in [0.2, 0.25) is 0 Å². The second-order valence-corrected chi connectivity index (χ2v) is 21.3. The van der Waals surface area contributed by atoms with E-state index in [9.17, 15) is 14.4 Å². The van der Waals surface area contributed by atoms with Crippen molar-refractivity contribution in [1.29, 1.82) is 0 Å². The third-order valence-electron chi connectivity index (χ3n) is 13.9. The van der Waals surface area contributed by atoms with Crippen LogP contribution >= 0.6 is 0 Å². The molecule has 0 rings (SSSR count). The van der Waals surface area contributed by atoms with E-state index in [2.05, 4.69) is 106 Å². The summed E-state index contributed by atoms with van der Waals surface area (Å²) >= 11 is 0. The van der Waals surface area contributed by atoms with Crippen molar-refractivity contribution in [2.24, 2.45) is 0 Å². The largest absolute Gasteiger partial charge is 0.462 e. The van der Waals surface area contributed by atoms with E-state index in [0.29, 0.717) is 19.3 Å². The van der Waals surface area contributed by atoms with Gasteiger partial charge in [-0.3, -0.25) is 14.4 Å². The standard InChI is InChI=1S/C69H120O6/c1-4-7-10-13-16-19-21-23-24-25-26-27-28-29-30-31-32-33-34-35-36-37-38-39-40-41-42-43-44-46-47-50-53-56-59-62-68(71)74-65-66(64-73-67(70)61-58-55-52-49-18-15-12-9-6-3)75-69(72)63-60-57-54-51-48-45-22-20-17-14-11-8-5-2/h7-8,10-11,16-17,19-20,23-24,26-27,45,48,66H,4-6,9,12-15,18,21-22,25,28-44,46-47,49-65H2,1-3H3/b10-7-,11-8-,19-16-,20-17-,24-23-,27-26-,48-45-. The minimum Gasteiger partial charge on any atom is -0.462 e. The van der Waals surface area contributed by atoms with Crippen molar-refractivity contribution in [3.63, 3.8) is 0 Å². The number of unbranched alkanes of at least 4 members (excludes halogenated alkanes) is 33. The van der Waals surface area contributed by atoms with E-state index in [-0.39, 0.29) is 31.1 Å². The van der Waals surface area contributed by atoms with Crippen LogP contribution in [0.25, 0.3) is 0 Å². The topological polar surface area (TPSA) is 78.9 Å². The molecule has 0 aliphatic heterocycles. The molecule has 0 aromatic rings. The molecule has 0 bridgehead atoms. The molecule has 6 heteroatoms. The molecule has 75 heavy (non-hydrogen) atoms. The Kier molecular flexibility index (Phi) is 60.3. The molecule has 1 atom stereocenters. The van der Waals surface area contributed by atoms with Crippen molar-refractivity contribution < 1.29 is 28.6 Å². The van der Waals surface area contributed by atoms with Gasteiger partial charge in [0, 0.05) is 19.3 Å². The number of esters is 3. The molecular formula is C69H120O6. The molecule has 0 saturated carbocycles. The Labute approximate surface area is 465 Å². The van der Waals surface area contributed by atoms with E-state index in [4.69, 9.17) is 14.2 Å². The quantitative estimate of drug-likeness (QED) is 0.0261. The summed E-state index contributed by atoms with van der Waals surface area (Å²) in [6, 6.07) is 0. The van der Waals surface area contributed by atoms with Gasteiger partial charge in [-0.1, -0.05) is 292 Å². The third-order valence-corrected chi connectivity index (χ3v) is 13.9. The molecular weight excluding hydrogens is 925 g/mol. The Morgan fingerprint density at radius 2 is 0.520 bits per heavy atom. The van der Waals surface area contributed by atoms with Crippen LogP contribution in [0, 0.1) is 0 Å². The van der Waals surface area contributed by atoms with Crippen LogP contribution in [0.5, 0.6) is 0 Å². The van der Waals surface area contributed by atoms with Crippen molar-refractivity contribution in [2.75, 3.05) is 13.2 Å². The molecule has 0 saturated heterocycles. The monoisotopic (exact) mass is 1040 g/mol. The smallest absolute Gasteiger partial charge is 0.306 e. The van der Waals surface area contributed by atoms with Crippen LogP contribution in [-0.2, 0) is 28.6 Å². The fourth-order valence-electron chi connectivity index (χ4n) is 9.16. The lowest BCUT2D eigenvalue weighted by molar-refractivity contribution is -0.167. The van der Waals surface area contributed by atoms with E-state index in [0.717, 1.165) is 109 Å². The minimum absolute atomic E-state index is 0.0835. The highest BCUT2D eigenvalue weighted by molar-refractivity contribution is 5.71. The van der Waals surface area contributed by atoms with Gasteiger partial charge in [0.15, 0.2) is 6.10 Å².